The van der Waals surface area contributed by atoms with E-state index in [1.165, 1.54) is 63.6 Å². The molecule has 5 rings (SSSR count). The lowest BCUT2D eigenvalue weighted by molar-refractivity contribution is 0.251. The van der Waals surface area contributed by atoms with Crippen LogP contribution in [0.25, 0.3) is 0 Å². The minimum atomic E-state index is 0.513. The number of aromatic nitrogens is 2. The molecule has 178 valence electrons. The number of nitrogens with zero attached hydrogens (tertiary/aromatic N) is 3. The van der Waals surface area contributed by atoms with Crippen molar-refractivity contribution in [3.05, 3.63) is 29.5 Å². The molecule has 3 aliphatic rings. The fourth-order valence-electron chi connectivity index (χ4n) is 5.21. The summed E-state index contributed by atoms with van der Waals surface area (Å²) in [6.07, 6.45) is 11.0. The fraction of sp³-hybridized carbons (Fsp3) is 0.615. The van der Waals surface area contributed by atoms with E-state index in [0.29, 0.717) is 25.2 Å². The molecular formula is C26H37N5O2. The average molecular weight is 452 g/mol. The first-order valence-corrected chi connectivity index (χ1v) is 12.8. The number of anilines is 3. The number of benzene rings is 1. The maximum absolute atomic E-state index is 6.19. The quantitative estimate of drug-likeness (QED) is 0.516. The van der Waals surface area contributed by atoms with Gasteiger partial charge in [-0.05, 0) is 58.2 Å². The molecule has 3 heterocycles. The normalized spacial score (nSPS) is 18.7. The number of fused-ring (bicyclic) bond motifs is 1. The van der Waals surface area contributed by atoms with Gasteiger partial charge in [-0.25, -0.2) is 4.98 Å². The highest BCUT2D eigenvalue weighted by atomic mass is 16.5. The molecule has 0 bridgehead atoms. The molecule has 0 atom stereocenters. The molecule has 0 spiro atoms. The molecule has 1 saturated carbocycles. The first kappa shape index (κ1) is 22.3. The van der Waals surface area contributed by atoms with Crippen LogP contribution in [0.4, 0.5) is 17.5 Å². The largest absolute Gasteiger partial charge is 0.490 e. The Labute approximate surface area is 197 Å². The lowest BCUT2D eigenvalue weighted by Gasteiger charge is -2.23. The van der Waals surface area contributed by atoms with Crippen molar-refractivity contribution >= 4 is 17.5 Å². The molecule has 7 nitrogen and oxygen atoms in total. The predicted octanol–water partition coefficient (Wildman–Crippen LogP) is 5.07. The van der Waals surface area contributed by atoms with Crippen LogP contribution in [-0.2, 0) is 6.42 Å². The third-order valence-electron chi connectivity index (χ3n) is 6.89. The summed E-state index contributed by atoms with van der Waals surface area (Å²) in [5.41, 5.74) is 3.08. The first-order valence-electron chi connectivity index (χ1n) is 12.8. The topological polar surface area (TPSA) is 71.5 Å². The summed E-state index contributed by atoms with van der Waals surface area (Å²) in [6, 6.07) is 6.71. The van der Waals surface area contributed by atoms with Gasteiger partial charge in [-0.2, -0.15) is 4.98 Å². The van der Waals surface area contributed by atoms with Crippen molar-refractivity contribution in [1.82, 2.24) is 14.9 Å². The van der Waals surface area contributed by atoms with Crippen molar-refractivity contribution in [3.8, 4) is 11.5 Å². The minimum absolute atomic E-state index is 0.513. The summed E-state index contributed by atoms with van der Waals surface area (Å²) >= 11 is 0. The van der Waals surface area contributed by atoms with Gasteiger partial charge in [0.05, 0.1) is 13.2 Å². The van der Waals surface area contributed by atoms with Crippen molar-refractivity contribution < 1.29 is 9.47 Å². The summed E-state index contributed by atoms with van der Waals surface area (Å²) in [7, 11) is 0. The Morgan fingerprint density at radius 3 is 2.76 bits per heavy atom. The van der Waals surface area contributed by atoms with Crippen molar-refractivity contribution in [2.24, 2.45) is 0 Å². The molecule has 33 heavy (non-hydrogen) atoms. The van der Waals surface area contributed by atoms with Gasteiger partial charge in [0.2, 0.25) is 5.95 Å². The molecule has 2 N–H and O–H groups in total. The zero-order valence-electron chi connectivity index (χ0n) is 19.9. The van der Waals surface area contributed by atoms with Crippen LogP contribution in [0.3, 0.4) is 0 Å². The molecule has 0 amide bonds. The minimum Gasteiger partial charge on any atom is -0.490 e. The Hall–Kier alpha value is -2.54. The number of hydrogen-bond acceptors (Lipinski definition) is 7. The number of ether oxygens (including phenoxy) is 2. The number of hydrogen-bond donors (Lipinski definition) is 2. The zero-order chi connectivity index (χ0) is 22.5. The predicted molar refractivity (Wildman–Crippen MR) is 132 cm³/mol. The van der Waals surface area contributed by atoms with Crippen LogP contribution in [0.1, 0.15) is 62.6 Å². The molecular weight excluding hydrogens is 414 g/mol. The molecule has 7 heteroatoms. The van der Waals surface area contributed by atoms with Crippen molar-refractivity contribution in [1.29, 1.82) is 0 Å². The lowest BCUT2D eigenvalue weighted by Crippen LogP contribution is -2.23. The summed E-state index contributed by atoms with van der Waals surface area (Å²) in [5, 5.41) is 7.04. The molecule has 0 unspecified atom stereocenters. The standard InChI is InChI=1S/C26H37N5O2/c1-19-16-24(28-21-8-3-2-4-9-21)30-26(27-19)29-22-17-20-10-15-33-25(20)23(18-22)32-14-7-13-31-11-5-6-12-31/h16-18,21H,2-15H2,1H3,(H2,27,28,29,30). The molecule has 2 aliphatic heterocycles. The summed E-state index contributed by atoms with van der Waals surface area (Å²) in [5.74, 6) is 3.24. The lowest BCUT2D eigenvalue weighted by atomic mass is 9.95. The van der Waals surface area contributed by atoms with Crippen molar-refractivity contribution in [2.45, 2.75) is 70.8 Å². The van der Waals surface area contributed by atoms with Crippen LogP contribution in [-0.4, -0.2) is 53.8 Å². The van der Waals surface area contributed by atoms with Crippen molar-refractivity contribution in [2.75, 3.05) is 43.5 Å². The van der Waals surface area contributed by atoms with E-state index in [-0.39, 0.29) is 0 Å². The monoisotopic (exact) mass is 451 g/mol. The number of nitrogens with one attached hydrogen (secondary N) is 2. The van der Waals surface area contributed by atoms with E-state index in [1.807, 2.05) is 19.1 Å². The van der Waals surface area contributed by atoms with E-state index in [9.17, 15) is 0 Å². The summed E-state index contributed by atoms with van der Waals surface area (Å²) in [4.78, 5) is 11.9. The highest BCUT2D eigenvalue weighted by Gasteiger charge is 2.20. The van der Waals surface area contributed by atoms with E-state index in [4.69, 9.17) is 14.5 Å². The number of likely N-dealkylation sites (tertiary alicyclic amines) is 1. The third-order valence-corrected chi connectivity index (χ3v) is 6.89. The van der Waals surface area contributed by atoms with Crippen molar-refractivity contribution in [3.63, 3.8) is 0 Å². The van der Waals surface area contributed by atoms with Gasteiger partial charge in [0, 0.05) is 48.1 Å². The number of rotatable bonds is 9. The van der Waals surface area contributed by atoms with Gasteiger partial charge in [0.15, 0.2) is 11.5 Å². The SMILES string of the molecule is Cc1cc(NC2CCCCC2)nc(Nc2cc3c(c(OCCCN4CCCC4)c2)OCC3)n1. The van der Waals surface area contributed by atoms with Crippen LogP contribution in [0, 0.1) is 6.92 Å². The Morgan fingerprint density at radius 2 is 1.91 bits per heavy atom. The van der Waals surface area contributed by atoms with Gasteiger partial charge in [-0.1, -0.05) is 19.3 Å². The Kier molecular flexibility index (Phi) is 7.15. The van der Waals surface area contributed by atoms with E-state index in [1.54, 1.807) is 0 Å². The summed E-state index contributed by atoms with van der Waals surface area (Å²) < 4.78 is 12.1. The Morgan fingerprint density at radius 1 is 1.06 bits per heavy atom. The van der Waals surface area contributed by atoms with E-state index < -0.39 is 0 Å². The highest BCUT2D eigenvalue weighted by molar-refractivity contribution is 5.64. The first-order chi connectivity index (χ1) is 16.2. The Balaban J connectivity index is 1.25. The van der Waals surface area contributed by atoms with Crippen LogP contribution < -0.4 is 20.1 Å². The van der Waals surface area contributed by atoms with E-state index >= 15 is 0 Å². The zero-order valence-corrected chi connectivity index (χ0v) is 19.9. The van der Waals surface area contributed by atoms with Gasteiger partial charge in [-0.3, -0.25) is 0 Å². The summed E-state index contributed by atoms with van der Waals surface area (Å²) in [6.45, 7) is 6.99. The van der Waals surface area contributed by atoms with Gasteiger partial charge in [0.1, 0.15) is 5.82 Å². The molecule has 2 aromatic rings. The second-order valence-electron chi connectivity index (χ2n) is 9.63. The molecule has 0 radical (unpaired) electrons. The van der Waals surface area contributed by atoms with E-state index in [0.717, 1.165) is 48.1 Å². The van der Waals surface area contributed by atoms with Gasteiger partial charge < -0.3 is 25.0 Å². The maximum atomic E-state index is 6.19. The second kappa shape index (κ2) is 10.6. The van der Waals surface area contributed by atoms with Crippen LogP contribution >= 0.6 is 0 Å². The molecule has 2 fully saturated rings. The smallest absolute Gasteiger partial charge is 0.229 e. The molecule has 1 aromatic heterocycles. The molecule has 1 saturated heterocycles. The van der Waals surface area contributed by atoms with Crippen LogP contribution in [0.15, 0.2) is 18.2 Å². The molecule has 1 aliphatic carbocycles. The van der Waals surface area contributed by atoms with Gasteiger partial charge >= 0.3 is 0 Å². The second-order valence-corrected chi connectivity index (χ2v) is 9.63. The van der Waals surface area contributed by atoms with Crippen LogP contribution in [0.5, 0.6) is 11.5 Å². The van der Waals surface area contributed by atoms with Gasteiger partial charge in [-0.15, -0.1) is 0 Å². The molecule has 1 aromatic carbocycles. The third kappa shape index (κ3) is 5.88. The van der Waals surface area contributed by atoms with Crippen LogP contribution in [0.2, 0.25) is 0 Å². The Bertz CT molecular complexity index is 939. The highest BCUT2D eigenvalue weighted by Crippen LogP contribution is 2.39. The fourth-order valence-corrected chi connectivity index (χ4v) is 5.21. The van der Waals surface area contributed by atoms with E-state index in [2.05, 4.69) is 26.6 Å². The average Bonchev–Trinajstić information content (AvgIpc) is 3.49. The van der Waals surface area contributed by atoms with Gasteiger partial charge in [0.25, 0.3) is 0 Å². The number of aryl methyl sites for hydroxylation is 1. The maximum Gasteiger partial charge on any atom is 0.229 e.